The Bertz CT molecular complexity index is 433. The summed E-state index contributed by atoms with van der Waals surface area (Å²) in [6.07, 6.45) is 9.23. The van der Waals surface area contributed by atoms with Gasteiger partial charge in [0, 0.05) is 5.88 Å². The average molecular weight is 293 g/mol. The second-order valence-electron chi connectivity index (χ2n) is 6.67. The van der Waals surface area contributed by atoms with Gasteiger partial charge in [0.2, 0.25) is 0 Å². The zero-order chi connectivity index (χ0) is 14.0. The lowest BCUT2D eigenvalue weighted by atomic mass is 9.92. The summed E-state index contributed by atoms with van der Waals surface area (Å²) in [5, 5.41) is 0. The molecule has 20 heavy (non-hydrogen) atoms. The van der Waals surface area contributed by atoms with Crippen LogP contribution < -0.4 is 0 Å². The molecule has 1 aromatic rings. The zero-order valence-electron chi connectivity index (χ0n) is 12.4. The van der Waals surface area contributed by atoms with Crippen LogP contribution in [0.15, 0.2) is 24.3 Å². The van der Waals surface area contributed by atoms with Gasteiger partial charge in [-0.25, -0.2) is 0 Å². The van der Waals surface area contributed by atoms with E-state index < -0.39 is 0 Å². The van der Waals surface area contributed by atoms with Gasteiger partial charge in [0.25, 0.3) is 0 Å². The van der Waals surface area contributed by atoms with Crippen molar-refractivity contribution >= 4 is 11.6 Å². The molecule has 1 aliphatic carbocycles. The minimum Gasteiger partial charge on any atom is -0.372 e. The van der Waals surface area contributed by atoms with Gasteiger partial charge in [0.15, 0.2) is 0 Å². The molecule has 1 aliphatic heterocycles. The quantitative estimate of drug-likeness (QED) is 0.693. The summed E-state index contributed by atoms with van der Waals surface area (Å²) >= 11 is 6.22. The van der Waals surface area contributed by atoms with Gasteiger partial charge in [0.1, 0.15) is 0 Å². The van der Waals surface area contributed by atoms with Gasteiger partial charge >= 0.3 is 0 Å². The highest BCUT2D eigenvalue weighted by molar-refractivity contribution is 6.18. The number of hydrogen-bond donors (Lipinski definition) is 0. The Morgan fingerprint density at radius 1 is 1.20 bits per heavy atom. The maximum absolute atomic E-state index is 6.43. The standard InChI is InChI=1S/C18H25ClO/c1-14-4-6-15(7-5-14)16(13-19)12-17-8-11-18(20-17)9-2-3-10-18/h4-7,16-17H,2-3,8-13H2,1H3. The van der Waals surface area contributed by atoms with E-state index in [1.165, 1.54) is 49.7 Å². The monoisotopic (exact) mass is 292 g/mol. The largest absolute Gasteiger partial charge is 0.372 e. The van der Waals surface area contributed by atoms with Crippen LogP contribution in [0.4, 0.5) is 0 Å². The van der Waals surface area contributed by atoms with Crippen LogP contribution in [0.3, 0.4) is 0 Å². The van der Waals surface area contributed by atoms with Crippen LogP contribution in [0.5, 0.6) is 0 Å². The predicted octanol–water partition coefficient (Wildman–Crippen LogP) is 5.20. The van der Waals surface area contributed by atoms with Crippen molar-refractivity contribution in [3.8, 4) is 0 Å². The third-order valence-electron chi connectivity index (χ3n) is 5.14. The number of rotatable bonds is 4. The van der Waals surface area contributed by atoms with Crippen molar-refractivity contribution in [2.24, 2.45) is 0 Å². The molecule has 0 bridgehead atoms. The van der Waals surface area contributed by atoms with Crippen molar-refractivity contribution in [2.45, 2.75) is 69.5 Å². The maximum atomic E-state index is 6.43. The Morgan fingerprint density at radius 2 is 1.90 bits per heavy atom. The minimum absolute atomic E-state index is 0.245. The van der Waals surface area contributed by atoms with E-state index in [4.69, 9.17) is 16.3 Å². The molecule has 1 heterocycles. The summed E-state index contributed by atoms with van der Waals surface area (Å²) in [6, 6.07) is 8.82. The number of aryl methyl sites for hydroxylation is 1. The minimum atomic E-state index is 0.245. The second kappa shape index (κ2) is 6.07. The summed E-state index contributed by atoms with van der Waals surface area (Å²) in [4.78, 5) is 0. The normalized spacial score (nSPS) is 26.2. The first-order valence-corrected chi connectivity index (χ1v) is 8.55. The van der Waals surface area contributed by atoms with E-state index in [2.05, 4.69) is 31.2 Å². The fourth-order valence-corrected chi connectivity index (χ4v) is 4.20. The van der Waals surface area contributed by atoms with E-state index in [-0.39, 0.29) is 5.60 Å². The number of halogens is 1. The predicted molar refractivity (Wildman–Crippen MR) is 84.6 cm³/mol. The molecule has 3 rings (SSSR count). The molecule has 0 radical (unpaired) electrons. The first-order chi connectivity index (χ1) is 9.71. The zero-order valence-corrected chi connectivity index (χ0v) is 13.2. The number of benzene rings is 1. The molecule has 2 unspecified atom stereocenters. The molecule has 1 aromatic carbocycles. The fourth-order valence-electron chi connectivity index (χ4n) is 3.89. The Morgan fingerprint density at radius 3 is 2.55 bits per heavy atom. The second-order valence-corrected chi connectivity index (χ2v) is 6.97. The molecule has 1 saturated heterocycles. The molecule has 1 saturated carbocycles. The van der Waals surface area contributed by atoms with Gasteiger partial charge in [-0.3, -0.25) is 0 Å². The van der Waals surface area contributed by atoms with Crippen LogP contribution in [-0.2, 0) is 4.74 Å². The van der Waals surface area contributed by atoms with E-state index in [9.17, 15) is 0 Å². The molecule has 2 fully saturated rings. The molecular weight excluding hydrogens is 268 g/mol. The van der Waals surface area contributed by atoms with Crippen LogP contribution in [0.25, 0.3) is 0 Å². The van der Waals surface area contributed by atoms with E-state index in [0.29, 0.717) is 17.9 Å². The van der Waals surface area contributed by atoms with Gasteiger partial charge in [-0.2, -0.15) is 0 Å². The van der Waals surface area contributed by atoms with Crippen molar-refractivity contribution in [1.29, 1.82) is 0 Å². The van der Waals surface area contributed by atoms with Crippen molar-refractivity contribution < 1.29 is 4.74 Å². The van der Waals surface area contributed by atoms with Crippen molar-refractivity contribution in [3.63, 3.8) is 0 Å². The Hall–Kier alpha value is -0.530. The molecule has 0 N–H and O–H groups in total. The van der Waals surface area contributed by atoms with Crippen LogP contribution in [0, 0.1) is 6.92 Å². The number of hydrogen-bond acceptors (Lipinski definition) is 1. The fraction of sp³-hybridized carbons (Fsp3) is 0.667. The van der Waals surface area contributed by atoms with E-state index in [1.807, 2.05) is 0 Å². The molecule has 0 aromatic heterocycles. The van der Waals surface area contributed by atoms with E-state index >= 15 is 0 Å². The first kappa shape index (κ1) is 14.4. The molecule has 2 aliphatic rings. The van der Waals surface area contributed by atoms with Gasteiger partial charge < -0.3 is 4.74 Å². The third-order valence-corrected chi connectivity index (χ3v) is 5.51. The van der Waals surface area contributed by atoms with Crippen LogP contribution >= 0.6 is 11.6 Å². The van der Waals surface area contributed by atoms with Crippen molar-refractivity contribution in [2.75, 3.05) is 5.88 Å². The summed E-state index contributed by atoms with van der Waals surface area (Å²) in [5.41, 5.74) is 2.92. The first-order valence-electron chi connectivity index (χ1n) is 8.01. The topological polar surface area (TPSA) is 9.23 Å². The van der Waals surface area contributed by atoms with Crippen molar-refractivity contribution in [1.82, 2.24) is 0 Å². The van der Waals surface area contributed by atoms with Gasteiger partial charge in [-0.15, -0.1) is 11.6 Å². The molecule has 1 spiro atoms. The lowest BCUT2D eigenvalue weighted by molar-refractivity contribution is -0.0405. The molecule has 1 nitrogen and oxygen atoms in total. The maximum Gasteiger partial charge on any atom is 0.0687 e. The molecule has 2 heteroatoms. The average Bonchev–Trinajstić information content (AvgIpc) is 3.08. The SMILES string of the molecule is Cc1ccc(C(CCl)CC2CCC3(CCCC3)O2)cc1. The summed E-state index contributed by atoms with van der Waals surface area (Å²) in [6.45, 7) is 2.13. The molecule has 0 amide bonds. The molecule has 110 valence electrons. The Balaban J connectivity index is 1.62. The van der Waals surface area contributed by atoms with Crippen molar-refractivity contribution in [3.05, 3.63) is 35.4 Å². The summed E-state index contributed by atoms with van der Waals surface area (Å²) in [5.74, 6) is 1.12. The summed E-state index contributed by atoms with van der Waals surface area (Å²) in [7, 11) is 0. The van der Waals surface area contributed by atoms with Gasteiger partial charge in [0.05, 0.1) is 11.7 Å². The highest BCUT2D eigenvalue weighted by Crippen LogP contribution is 2.45. The van der Waals surface area contributed by atoms with E-state index in [0.717, 1.165) is 6.42 Å². The lowest BCUT2D eigenvalue weighted by Crippen LogP contribution is -2.25. The van der Waals surface area contributed by atoms with Gasteiger partial charge in [-0.05, 0) is 50.5 Å². The molecule has 2 atom stereocenters. The van der Waals surface area contributed by atoms with Gasteiger partial charge in [-0.1, -0.05) is 42.7 Å². The van der Waals surface area contributed by atoms with Crippen LogP contribution in [0.1, 0.15) is 62.0 Å². The molecular formula is C18H25ClO. The Kier molecular flexibility index (Phi) is 4.37. The van der Waals surface area contributed by atoms with Crippen LogP contribution in [0.2, 0.25) is 0 Å². The summed E-state index contributed by atoms with van der Waals surface area (Å²) < 4.78 is 6.43. The number of ether oxygens (including phenoxy) is 1. The van der Waals surface area contributed by atoms with E-state index in [1.54, 1.807) is 0 Å². The third kappa shape index (κ3) is 3.04. The van der Waals surface area contributed by atoms with Crippen LogP contribution in [-0.4, -0.2) is 17.6 Å². The highest BCUT2D eigenvalue weighted by atomic mass is 35.5. The number of alkyl halides is 1. The lowest BCUT2D eigenvalue weighted by Gasteiger charge is -2.25. The smallest absolute Gasteiger partial charge is 0.0687 e. The Labute approximate surface area is 127 Å². The highest BCUT2D eigenvalue weighted by Gasteiger charge is 2.42.